The van der Waals surface area contributed by atoms with E-state index < -0.39 is 0 Å². The van der Waals surface area contributed by atoms with Crippen molar-refractivity contribution < 1.29 is 0 Å². The monoisotopic (exact) mass is 517 g/mol. The summed E-state index contributed by atoms with van der Waals surface area (Å²) in [5, 5.41) is 9.37. The molecule has 6 aromatic rings. The Morgan fingerprint density at radius 3 is 1.68 bits per heavy atom. The molecule has 0 spiro atoms. The molecule has 0 amide bonds. The molecule has 40 heavy (non-hydrogen) atoms. The highest BCUT2D eigenvalue weighted by atomic mass is 15.5. The molecule has 3 nitrogen and oxygen atoms in total. The number of fused-ring (bicyclic) bond motifs is 1. The third-order valence-electron chi connectivity index (χ3n) is 7.01. The van der Waals surface area contributed by atoms with Gasteiger partial charge in [0.05, 0.1) is 17.6 Å². The summed E-state index contributed by atoms with van der Waals surface area (Å²) in [7, 11) is 0. The van der Waals surface area contributed by atoms with E-state index in [-0.39, 0.29) is 0 Å². The molecule has 0 saturated heterocycles. The fourth-order valence-corrected chi connectivity index (χ4v) is 4.97. The van der Waals surface area contributed by atoms with Gasteiger partial charge in [-0.3, -0.25) is 0 Å². The first-order valence-corrected chi connectivity index (χ1v) is 13.6. The summed E-state index contributed by atoms with van der Waals surface area (Å²) in [6, 6.07) is 55.1. The number of hydrogen-bond donors (Lipinski definition) is 0. The summed E-state index contributed by atoms with van der Waals surface area (Å²) in [5.74, 6) is 0. The molecule has 6 aromatic carbocycles. The molecule has 3 heteroatoms. The van der Waals surface area contributed by atoms with Crippen LogP contribution in [0, 0.1) is 0 Å². The van der Waals surface area contributed by atoms with E-state index in [0.29, 0.717) is 0 Å². The van der Waals surface area contributed by atoms with Crippen LogP contribution in [-0.2, 0) is 13.1 Å². The number of rotatable bonds is 9. The average molecular weight is 518 g/mol. The Balaban J connectivity index is 1.29. The third kappa shape index (κ3) is 5.95. The maximum absolute atomic E-state index is 4.99. The Bertz CT molecular complexity index is 1630. The lowest BCUT2D eigenvalue weighted by Crippen LogP contribution is -2.22. The predicted molar refractivity (Wildman–Crippen MR) is 169 cm³/mol. The highest BCUT2D eigenvalue weighted by Gasteiger charge is 2.12. The Kier molecular flexibility index (Phi) is 7.63. The van der Waals surface area contributed by atoms with Gasteiger partial charge in [-0.05, 0) is 52.4 Å². The maximum atomic E-state index is 4.99. The van der Waals surface area contributed by atoms with Crippen LogP contribution >= 0.6 is 0 Å². The molecule has 0 radical (unpaired) electrons. The topological polar surface area (TPSA) is 18.8 Å². The molecule has 0 heterocycles. The Labute approximate surface area is 236 Å². The number of benzene rings is 6. The highest BCUT2D eigenvalue weighted by Crippen LogP contribution is 2.32. The van der Waals surface area contributed by atoms with E-state index in [4.69, 9.17) is 5.10 Å². The van der Waals surface area contributed by atoms with Gasteiger partial charge in [-0.1, -0.05) is 127 Å². The largest absolute Gasteiger partial charge is 0.363 e. The van der Waals surface area contributed by atoms with E-state index in [2.05, 4.69) is 144 Å². The van der Waals surface area contributed by atoms with Gasteiger partial charge in [0, 0.05) is 24.2 Å². The van der Waals surface area contributed by atoms with Crippen molar-refractivity contribution in [2.24, 2.45) is 5.10 Å². The molecule has 194 valence electrons. The maximum Gasteiger partial charge on any atom is 0.0730 e. The minimum absolute atomic E-state index is 0.839. The van der Waals surface area contributed by atoms with Gasteiger partial charge < -0.3 is 4.90 Å². The third-order valence-corrected chi connectivity index (χ3v) is 7.01. The number of hydrazone groups is 1. The van der Waals surface area contributed by atoms with Gasteiger partial charge in [0.2, 0.25) is 0 Å². The van der Waals surface area contributed by atoms with Crippen molar-refractivity contribution in [3.8, 4) is 0 Å². The number of anilines is 3. The zero-order valence-corrected chi connectivity index (χ0v) is 22.3. The van der Waals surface area contributed by atoms with Crippen LogP contribution in [0.25, 0.3) is 10.8 Å². The first-order chi connectivity index (χ1) is 19.8. The lowest BCUT2D eigenvalue weighted by molar-refractivity contribution is 0.800. The van der Waals surface area contributed by atoms with E-state index in [1.807, 2.05) is 29.4 Å². The van der Waals surface area contributed by atoms with Crippen molar-refractivity contribution in [3.05, 3.63) is 174 Å². The second kappa shape index (κ2) is 12.1. The van der Waals surface area contributed by atoms with Crippen LogP contribution in [0.5, 0.6) is 0 Å². The summed E-state index contributed by atoms with van der Waals surface area (Å²) in [4.78, 5) is 2.41. The first kappa shape index (κ1) is 25.1. The smallest absolute Gasteiger partial charge is 0.0730 e. The molecule has 0 aliphatic carbocycles. The minimum atomic E-state index is 0.839. The van der Waals surface area contributed by atoms with Crippen LogP contribution in [0.3, 0.4) is 0 Å². The van der Waals surface area contributed by atoms with Gasteiger partial charge in [0.25, 0.3) is 0 Å². The Morgan fingerprint density at radius 1 is 0.475 bits per heavy atom. The van der Waals surface area contributed by atoms with Gasteiger partial charge in [0.1, 0.15) is 0 Å². The highest BCUT2D eigenvalue weighted by molar-refractivity contribution is 5.96. The number of nitrogens with zero attached hydrogens (tertiary/aromatic N) is 3. The molecule has 0 saturated carbocycles. The second-order valence-corrected chi connectivity index (χ2v) is 9.81. The second-order valence-electron chi connectivity index (χ2n) is 9.81. The van der Waals surface area contributed by atoms with Crippen molar-refractivity contribution in [1.29, 1.82) is 0 Å². The van der Waals surface area contributed by atoms with E-state index >= 15 is 0 Å². The van der Waals surface area contributed by atoms with Crippen LogP contribution in [0.15, 0.2) is 163 Å². The molecule has 0 fully saturated rings. The van der Waals surface area contributed by atoms with Crippen LogP contribution in [0.1, 0.15) is 16.7 Å². The normalized spacial score (nSPS) is 11.1. The summed E-state index contributed by atoms with van der Waals surface area (Å²) >= 11 is 0. The van der Waals surface area contributed by atoms with Crippen molar-refractivity contribution in [3.63, 3.8) is 0 Å². The molecule has 0 atom stereocenters. The average Bonchev–Trinajstić information content (AvgIpc) is 3.03. The summed E-state index contributed by atoms with van der Waals surface area (Å²) < 4.78 is 0. The molecule has 0 bridgehead atoms. The predicted octanol–water partition coefficient (Wildman–Crippen LogP) is 9.22. The summed E-state index contributed by atoms with van der Waals surface area (Å²) in [5.41, 5.74) is 6.87. The fraction of sp³-hybridized carbons (Fsp3) is 0.0541. The van der Waals surface area contributed by atoms with Gasteiger partial charge in [-0.2, -0.15) is 5.10 Å². The van der Waals surface area contributed by atoms with Crippen LogP contribution in [0.2, 0.25) is 0 Å². The summed E-state index contributed by atoms with van der Waals surface area (Å²) in [6.45, 7) is 1.68. The van der Waals surface area contributed by atoms with Crippen molar-refractivity contribution in [2.75, 3.05) is 9.91 Å². The van der Waals surface area contributed by atoms with Crippen molar-refractivity contribution >= 4 is 34.0 Å². The molecule has 0 unspecified atom stereocenters. The van der Waals surface area contributed by atoms with Gasteiger partial charge in [0.15, 0.2) is 0 Å². The standard InChI is InChI=1S/C37H31N3/c1-4-13-31(14-5-1)28-39(29-32-15-6-2-7-16-32)34-25-23-30(24-26-34)27-38-40(35-19-8-3-9-20-35)37-22-12-18-33-17-10-11-21-36(33)37/h1-27H,28-29H2. The van der Waals surface area contributed by atoms with Gasteiger partial charge in [-0.25, -0.2) is 5.01 Å². The lowest BCUT2D eigenvalue weighted by atomic mass is 10.1. The first-order valence-electron chi connectivity index (χ1n) is 13.6. The minimum Gasteiger partial charge on any atom is -0.363 e. The lowest BCUT2D eigenvalue weighted by Gasteiger charge is -2.25. The van der Waals surface area contributed by atoms with Crippen molar-refractivity contribution in [2.45, 2.75) is 13.1 Å². The Hall–Kier alpha value is -5.15. The fourth-order valence-electron chi connectivity index (χ4n) is 4.97. The molecule has 0 aromatic heterocycles. The molecular formula is C37H31N3. The van der Waals surface area contributed by atoms with E-state index in [0.717, 1.165) is 30.0 Å². The zero-order valence-electron chi connectivity index (χ0n) is 22.3. The van der Waals surface area contributed by atoms with Gasteiger partial charge >= 0.3 is 0 Å². The molecule has 0 aliphatic rings. The SMILES string of the molecule is C(=NN(c1ccccc1)c1cccc2ccccc12)c1ccc(N(Cc2ccccc2)Cc2ccccc2)cc1. The van der Waals surface area contributed by atoms with Crippen LogP contribution < -0.4 is 9.91 Å². The quantitative estimate of drug-likeness (QED) is 0.141. The van der Waals surface area contributed by atoms with Crippen LogP contribution in [-0.4, -0.2) is 6.21 Å². The molecule has 6 rings (SSSR count). The van der Waals surface area contributed by atoms with Crippen LogP contribution in [0.4, 0.5) is 17.1 Å². The van der Waals surface area contributed by atoms with E-state index in [1.54, 1.807) is 0 Å². The van der Waals surface area contributed by atoms with Gasteiger partial charge in [-0.15, -0.1) is 0 Å². The number of hydrogen-bond acceptors (Lipinski definition) is 3. The Morgan fingerprint density at radius 2 is 1.02 bits per heavy atom. The molecular weight excluding hydrogens is 486 g/mol. The summed E-state index contributed by atoms with van der Waals surface area (Å²) in [6.07, 6.45) is 1.94. The van der Waals surface area contributed by atoms with E-state index in [1.165, 1.54) is 27.6 Å². The van der Waals surface area contributed by atoms with E-state index in [9.17, 15) is 0 Å². The molecule has 0 N–H and O–H groups in total. The molecule has 0 aliphatic heterocycles. The zero-order chi connectivity index (χ0) is 27.0. The number of para-hydroxylation sites is 1. The van der Waals surface area contributed by atoms with Crippen molar-refractivity contribution in [1.82, 2.24) is 0 Å².